The number of benzene rings is 1. The van der Waals surface area contributed by atoms with Crippen LogP contribution in [0, 0.1) is 9.49 Å². The Morgan fingerprint density at radius 3 is 2.67 bits per heavy atom. The van der Waals surface area contributed by atoms with Gasteiger partial charge in [0.2, 0.25) is 0 Å². The van der Waals surface area contributed by atoms with Gasteiger partial charge in [-0.2, -0.15) is 0 Å². The summed E-state index contributed by atoms with van der Waals surface area (Å²) in [7, 11) is 0. The van der Waals surface area contributed by atoms with E-state index in [0.29, 0.717) is 25.7 Å². The molecule has 5 nitrogen and oxygen atoms in total. The molecule has 0 aliphatic rings. The number of rotatable bonds is 14. The summed E-state index contributed by atoms with van der Waals surface area (Å²) >= 11 is 2.21. The molecule has 0 saturated carbocycles. The molecule has 1 aromatic carbocycles. The highest BCUT2D eigenvalue weighted by atomic mass is 127. The number of ether oxygens (including phenoxy) is 1. The Bertz CT molecular complexity index is 614. The van der Waals surface area contributed by atoms with Gasteiger partial charge in [-0.15, -0.1) is 0 Å². The molecule has 0 bridgehead atoms. The first-order valence-corrected chi connectivity index (χ1v) is 10.4. The first-order chi connectivity index (χ1) is 12.9. The van der Waals surface area contributed by atoms with Crippen molar-refractivity contribution in [3.63, 3.8) is 0 Å². The van der Waals surface area contributed by atoms with Crippen molar-refractivity contribution < 1.29 is 24.5 Å². The number of carbonyl (C=O) groups excluding carboxylic acids is 1. The molecule has 0 fully saturated rings. The number of Topliss-reactive ketones (excluding diaryl/α,β-unsaturated/α-hetero) is 1. The van der Waals surface area contributed by atoms with Crippen molar-refractivity contribution >= 4 is 34.3 Å². The Morgan fingerprint density at radius 1 is 1.22 bits per heavy atom. The Labute approximate surface area is 175 Å². The topological polar surface area (TPSA) is 83.8 Å². The lowest BCUT2D eigenvalue weighted by Crippen LogP contribution is -2.18. The maximum Gasteiger partial charge on any atom is 0.303 e. The van der Waals surface area contributed by atoms with Gasteiger partial charge in [-0.05, 0) is 79.8 Å². The third kappa shape index (κ3) is 11.8. The molecule has 0 amide bonds. The van der Waals surface area contributed by atoms with Crippen LogP contribution in [0.2, 0.25) is 0 Å². The smallest absolute Gasteiger partial charge is 0.303 e. The van der Waals surface area contributed by atoms with E-state index < -0.39 is 12.1 Å². The summed E-state index contributed by atoms with van der Waals surface area (Å²) in [5.74, 6) is 0.0597. The summed E-state index contributed by atoms with van der Waals surface area (Å²) in [4.78, 5) is 22.2. The second-order valence-electron chi connectivity index (χ2n) is 6.65. The third-order valence-corrected chi connectivity index (χ3v) is 4.92. The molecule has 150 valence electrons. The zero-order valence-electron chi connectivity index (χ0n) is 15.8. The van der Waals surface area contributed by atoms with Gasteiger partial charge in [-0.1, -0.05) is 24.6 Å². The van der Waals surface area contributed by atoms with Crippen LogP contribution in [-0.4, -0.2) is 34.7 Å². The molecule has 1 aromatic rings. The number of aliphatic hydroxyl groups excluding tert-OH is 1. The van der Waals surface area contributed by atoms with Gasteiger partial charge in [0, 0.05) is 15.9 Å². The summed E-state index contributed by atoms with van der Waals surface area (Å²) in [6.45, 7) is 1.84. The number of allylic oxidation sites excluding steroid dienone is 2. The molecule has 0 aliphatic carbocycles. The van der Waals surface area contributed by atoms with Crippen LogP contribution in [0.4, 0.5) is 0 Å². The Morgan fingerprint density at radius 2 is 2.00 bits per heavy atom. The average molecular weight is 488 g/mol. The minimum Gasteiger partial charge on any atom is -0.491 e. The van der Waals surface area contributed by atoms with E-state index in [-0.39, 0.29) is 24.7 Å². The monoisotopic (exact) mass is 488 g/mol. The van der Waals surface area contributed by atoms with E-state index in [1.807, 2.05) is 36.4 Å². The van der Waals surface area contributed by atoms with Crippen molar-refractivity contribution in [2.45, 2.75) is 58.0 Å². The predicted molar refractivity (Wildman–Crippen MR) is 114 cm³/mol. The highest BCUT2D eigenvalue weighted by molar-refractivity contribution is 14.1. The molecule has 0 spiro atoms. The van der Waals surface area contributed by atoms with Crippen LogP contribution >= 0.6 is 22.6 Å². The number of aliphatic hydroxyl groups is 1. The zero-order valence-corrected chi connectivity index (χ0v) is 17.9. The molecule has 0 aliphatic heterocycles. The van der Waals surface area contributed by atoms with Crippen molar-refractivity contribution in [2.75, 3.05) is 6.61 Å². The van der Waals surface area contributed by atoms with E-state index in [4.69, 9.17) is 9.84 Å². The van der Waals surface area contributed by atoms with Gasteiger partial charge < -0.3 is 14.9 Å². The SMILES string of the molecule is CC(=O)C(C/C=C\CCCC(=O)O)CCCC(O)COc1cccc(I)c1. The summed E-state index contributed by atoms with van der Waals surface area (Å²) < 4.78 is 6.68. The minimum absolute atomic E-state index is 0.0513. The quantitative estimate of drug-likeness (QED) is 0.227. The van der Waals surface area contributed by atoms with Crippen LogP contribution in [-0.2, 0) is 9.59 Å². The van der Waals surface area contributed by atoms with E-state index in [9.17, 15) is 14.7 Å². The van der Waals surface area contributed by atoms with E-state index in [1.165, 1.54) is 0 Å². The average Bonchev–Trinajstić information content (AvgIpc) is 2.60. The minimum atomic E-state index is -0.783. The van der Waals surface area contributed by atoms with Crippen molar-refractivity contribution in [3.8, 4) is 5.75 Å². The Kier molecular flexibility index (Phi) is 12.0. The standard InChI is InChI=1S/C21H29IO5/c1-16(23)17(8-4-2-3-5-13-21(25)26)9-6-11-19(24)15-27-20-12-7-10-18(22)14-20/h2,4,7,10,12,14,17,19,24H,3,5-6,8-9,11,13,15H2,1H3,(H,25,26)/b4-2-. The number of carboxylic acids is 1. The molecular weight excluding hydrogens is 459 g/mol. The van der Waals surface area contributed by atoms with Gasteiger partial charge in [-0.3, -0.25) is 9.59 Å². The van der Waals surface area contributed by atoms with Crippen LogP contribution in [0.25, 0.3) is 0 Å². The number of hydrogen-bond acceptors (Lipinski definition) is 4. The normalized spacial score (nSPS) is 13.4. The van der Waals surface area contributed by atoms with E-state index in [0.717, 1.165) is 22.2 Å². The summed E-state index contributed by atoms with van der Waals surface area (Å²) in [5.41, 5.74) is 0. The molecule has 2 atom stereocenters. The lowest BCUT2D eigenvalue weighted by atomic mass is 9.93. The van der Waals surface area contributed by atoms with E-state index >= 15 is 0 Å². The largest absolute Gasteiger partial charge is 0.491 e. The molecular formula is C21H29IO5. The number of unbranched alkanes of at least 4 members (excludes halogenated alkanes) is 1. The highest BCUT2D eigenvalue weighted by Crippen LogP contribution is 2.18. The highest BCUT2D eigenvalue weighted by Gasteiger charge is 2.14. The first-order valence-electron chi connectivity index (χ1n) is 9.32. The number of halogens is 1. The lowest BCUT2D eigenvalue weighted by Gasteiger charge is -2.15. The van der Waals surface area contributed by atoms with Gasteiger partial charge in [0.25, 0.3) is 0 Å². The fourth-order valence-electron chi connectivity index (χ4n) is 2.67. The number of hydrogen-bond donors (Lipinski definition) is 2. The molecule has 6 heteroatoms. The first kappa shape index (κ1) is 23.6. The van der Waals surface area contributed by atoms with Crippen LogP contribution in [0.1, 0.15) is 51.9 Å². The summed E-state index contributed by atoms with van der Waals surface area (Å²) in [5, 5.41) is 18.7. The van der Waals surface area contributed by atoms with Gasteiger partial charge in [0.1, 0.15) is 18.1 Å². The van der Waals surface area contributed by atoms with Crippen molar-refractivity contribution in [2.24, 2.45) is 5.92 Å². The Balaban J connectivity index is 2.24. The Hall–Kier alpha value is -1.41. The van der Waals surface area contributed by atoms with E-state index in [2.05, 4.69) is 22.6 Å². The molecule has 0 radical (unpaired) electrons. The van der Waals surface area contributed by atoms with Crippen molar-refractivity contribution in [3.05, 3.63) is 40.0 Å². The molecule has 1 rings (SSSR count). The maximum atomic E-state index is 11.8. The lowest BCUT2D eigenvalue weighted by molar-refractivity contribution is -0.137. The number of ketones is 1. The van der Waals surface area contributed by atoms with E-state index in [1.54, 1.807) is 6.92 Å². The molecule has 0 aromatic heterocycles. The van der Waals surface area contributed by atoms with Gasteiger partial charge in [0.05, 0.1) is 6.10 Å². The van der Waals surface area contributed by atoms with Gasteiger partial charge in [-0.25, -0.2) is 0 Å². The predicted octanol–water partition coefficient (Wildman–Crippen LogP) is 4.61. The van der Waals surface area contributed by atoms with Crippen molar-refractivity contribution in [1.29, 1.82) is 0 Å². The molecule has 0 heterocycles. The van der Waals surface area contributed by atoms with Crippen LogP contribution in [0.3, 0.4) is 0 Å². The second-order valence-corrected chi connectivity index (χ2v) is 7.90. The van der Waals surface area contributed by atoms with Gasteiger partial charge >= 0.3 is 5.97 Å². The van der Waals surface area contributed by atoms with Crippen LogP contribution in [0.5, 0.6) is 5.75 Å². The number of carboxylic acid groups (broad SMARTS) is 1. The maximum absolute atomic E-state index is 11.8. The van der Waals surface area contributed by atoms with Gasteiger partial charge in [0.15, 0.2) is 0 Å². The van der Waals surface area contributed by atoms with Crippen LogP contribution in [0.15, 0.2) is 36.4 Å². The summed E-state index contributed by atoms with van der Waals surface area (Å²) in [6, 6.07) is 7.67. The molecule has 27 heavy (non-hydrogen) atoms. The van der Waals surface area contributed by atoms with Crippen molar-refractivity contribution in [1.82, 2.24) is 0 Å². The fourth-order valence-corrected chi connectivity index (χ4v) is 3.18. The summed E-state index contributed by atoms with van der Waals surface area (Å²) in [6.07, 6.45) is 7.60. The number of aliphatic carboxylic acids is 1. The van der Waals surface area contributed by atoms with Crippen LogP contribution < -0.4 is 4.74 Å². The second kappa shape index (κ2) is 13.7. The molecule has 2 N–H and O–H groups in total. The third-order valence-electron chi connectivity index (χ3n) is 4.25. The number of carbonyl (C=O) groups is 2. The zero-order chi connectivity index (χ0) is 20.1. The molecule has 2 unspecified atom stereocenters. The molecule has 0 saturated heterocycles. The fraction of sp³-hybridized carbons (Fsp3) is 0.524.